The largest absolute Gasteiger partial charge is 0.396 e. The van der Waals surface area contributed by atoms with E-state index in [-0.39, 0.29) is 0 Å². The smallest absolute Gasteiger partial charge is 0.152 e. The molecule has 0 bridgehead atoms. The van der Waals surface area contributed by atoms with E-state index in [1.54, 1.807) is 0 Å². The summed E-state index contributed by atoms with van der Waals surface area (Å²) in [7, 11) is 2.70. The summed E-state index contributed by atoms with van der Waals surface area (Å²) in [6.45, 7) is 1.90. The molecule has 0 amide bonds. The predicted octanol–water partition coefficient (Wildman–Crippen LogP) is 2.79. The quantitative estimate of drug-likeness (QED) is 0.624. The van der Waals surface area contributed by atoms with Crippen LogP contribution in [0.1, 0.15) is 5.69 Å². The van der Waals surface area contributed by atoms with Crippen molar-refractivity contribution in [2.45, 2.75) is 6.92 Å². The van der Waals surface area contributed by atoms with E-state index in [0.717, 1.165) is 22.1 Å². The number of nitrogens with two attached hydrogens (primary N) is 1. The molecule has 0 saturated heterocycles. The van der Waals surface area contributed by atoms with Crippen molar-refractivity contribution < 1.29 is 0 Å². The Morgan fingerprint density at radius 1 is 1.25 bits per heavy atom. The standard InChI is InChI=1S/C12H12ClN2P/c1-7-6-9(11(14)12(13)15-7)8-4-2-3-5-10(8)16/h2-6H,14,16H2,1H3. The second-order valence-corrected chi connectivity index (χ2v) is 4.58. The van der Waals surface area contributed by atoms with Gasteiger partial charge in [0.1, 0.15) is 0 Å². The summed E-state index contributed by atoms with van der Waals surface area (Å²) in [5, 5.41) is 1.46. The van der Waals surface area contributed by atoms with Gasteiger partial charge in [-0.15, -0.1) is 9.24 Å². The van der Waals surface area contributed by atoms with E-state index in [1.165, 1.54) is 0 Å². The maximum Gasteiger partial charge on any atom is 0.152 e. The lowest BCUT2D eigenvalue weighted by Gasteiger charge is -2.10. The molecule has 0 aliphatic carbocycles. The lowest BCUT2D eigenvalue weighted by atomic mass is 10.0. The number of nitrogens with zero attached hydrogens (tertiary/aromatic N) is 1. The van der Waals surface area contributed by atoms with Crippen LogP contribution < -0.4 is 11.0 Å². The first-order chi connectivity index (χ1) is 7.59. The zero-order valence-corrected chi connectivity index (χ0v) is 10.8. The van der Waals surface area contributed by atoms with Crippen LogP contribution in [0.15, 0.2) is 30.3 Å². The molecule has 1 aromatic carbocycles. The highest BCUT2D eigenvalue weighted by Crippen LogP contribution is 2.30. The zero-order valence-electron chi connectivity index (χ0n) is 8.87. The fourth-order valence-corrected chi connectivity index (χ4v) is 2.21. The summed E-state index contributed by atoms with van der Waals surface area (Å²) < 4.78 is 0. The molecule has 1 atom stereocenters. The van der Waals surface area contributed by atoms with Gasteiger partial charge in [-0.3, -0.25) is 0 Å². The normalized spacial score (nSPS) is 10.4. The minimum Gasteiger partial charge on any atom is -0.396 e. The zero-order chi connectivity index (χ0) is 11.7. The summed E-state index contributed by atoms with van der Waals surface area (Å²) >= 11 is 5.98. The number of rotatable bonds is 1. The Morgan fingerprint density at radius 3 is 2.62 bits per heavy atom. The third-order valence-corrected chi connectivity index (χ3v) is 3.18. The maximum atomic E-state index is 5.98. The number of nitrogen functional groups attached to an aromatic ring is 1. The summed E-state index contributed by atoms with van der Waals surface area (Å²) in [5.41, 5.74) is 9.34. The van der Waals surface area contributed by atoms with Gasteiger partial charge in [-0.1, -0.05) is 35.9 Å². The first-order valence-electron chi connectivity index (χ1n) is 4.87. The van der Waals surface area contributed by atoms with E-state index >= 15 is 0 Å². The lowest BCUT2D eigenvalue weighted by molar-refractivity contribution is 1.21. The third-order valence-electron chi connectivity index (χ3n) is 2.39. The molecule has 0 aliphatic heterocycles. The molecule has 4 heteroatoms. The van der Waals surface area contributed by atoms with Crippen LogP contribution in [0.5, 0.6) is 0 Å². The molecule has 0 aliphatic rings. The Bertz CT molecular complexity index is 541. The van der Waals surface area contributed by atoms with Gasteiger partial charge in [0.15, 0.2) is 5.15 Å². The Kier molecular flexibility index (Phi) is 3.13. The van der Waals surface area contributed by atoms with E-state index < -0.39 is 0 Å². The van der Waals surface area contributed by atoms with Crippen LogP contribution >= 0.6 is 20.8 Å². The molecule has 2 aromatic rings. The highest BCUT2D eigenvalue weighted by Gasteiger charge is 2.10. The highest BCUT2D eigenvalue weighted by molar-refractivity contribution is 7.28. The summed E-state index contributed by atoms with van der Waals surface area (Å²) in [5.74, 6) is 0. The van der Waals surface area contributed by atoms with Crippen LogP contribution in [0.3, 0.4) is 0 Å². The molecular formula is C12H12ClN2P. The van der Waals surface area contributed by atoms with Crippen molar-refractivity contribution in [3.8, 4) is 11.1 Å². The summed E-state index contributed by atoms with van der Waals surface area (Å²) in [6.07, 6.45) is 0. The second-order valence-electron chi connectivity index (χ2n) is 3.60. The molecule has 1 unspecified atom stereocenters. The fourth-order valence-electron chi connectivity index (χ4n) is 1.61. The van der Waals surface area contributed by atoms with Gasteiger partial charge < -0.3 is 5.73 Å². The number of aryl methyl sites for hydroxylation is 1. The van der Waals surface area contributed by atoms with Gasteiger partial charge in [0, 0.05) is 11.3 Å². The minimum absolute atomic E-state index is 0.364. The Hall–Kier alpha value is -1.11. The molecule has 2 rings (SSSR count). The van der Waals surface area contributed by atoms with E-state index in [4.69, 9.17) is 17.3 Å². The van der Waals surface area contributed by atoms with Crippen LogP contribution in [0.2, 0.25) is 5.15 Å². The van der Waals surface area contributed by atoms with Crippen molar-refractivity contribution in [2.24, 2.45) is 0 Å². The van der Waals surface area contributed by atoms with Gasteiger partial charge in [-0.2, -0.15) is 0 Å². The van der Waals surface area contributed by atoms with Crippen molar-refractivity contribution in [3.05, 3.63) is 41.2 Å². The van der Waals surface area contributed by atoms with Crippen molar-refractivity contribution in [3.63, 3.8) is 0 Å². The summed E-state index contributed by atoms with van der Waals surface area (Å²) in [4.78, 5) is 4.12. The number of benzene rings is 1. The molecular weight excluding hydrogens is 239 g/mol. The van der Waals surface area contributed by atoms with E-state index in [0.29, 0.717) is 10.8 Å². The number of pyridine rings is 1. The van der Waals surface area contributed by atoms with Gasteiger partial charge >= 0.3 is 0 Å². The fraction of sp³-hybridized carbons (Fsp3) is 0.0833. The highest BCUT2D eigenvalue weighted by atomic mass is 35.5. The number of anilines is 1. The Balaban J connectivity index is 2.69. The molecule has 16 heavy (non-hydrogen) atoms. The Labute approximate surface area is 102 Å². The van der Waals surface area contributed by atoms with E-state index in [2.05, 4.69) is 14.2 Å². The first-order valence-corrected chi connectivity index (χ1v) is 5.82. The first kappa shape index (κ1) is 11.4. The van der Waals surface area contributed by atoms with E-state index in [1.807, 2.05) is 37.3 Å². The van der Waals surface area contributed by atoms with Crippen molar-refractivity contribution in [1.29, 1.82) is 0 Å². The SMILES string of the molecule is Cc1cc(-c2ccccc2P)c(N)c(Cl)n1. The average Bonchev–Trinajstić information content (AvgIpc) is 2.24. The molecule has 82 valence electrons. The van der Waals surface area contributed by atoms with Crippen LogP contribution in [0.25, 0.3) is 11.1 Å². The monoisotopic (exact) mass is 250 g/mol. The van der Waals surface area contributed by atoms with Crippen LogP contribution in [0, 0.1) is 6.92 Å². The van der Waals surface area contributed by atoms with Crippen molar-refractivity contribution in [2.75, 3.05) is 5.73 Å². The second kappa shape index (κ2) is 4.40. The minimum atomic E-state index is 0.364. The van der Waals surface area contributed by atoms with Crippen molar-refractivity contribution in [1.82, 2.24) is 4.98 Å². The topological polar surface area (TPSA) is 38.9 Å². The molecule has 2 nitrogen and oxygen atoms in total. The van der Waals surface area contributed by atoms with E-state index in [9.17, 15) is 0 Å². The molecule has 0 radical (unpaired) electrons. The maximum absolute atomic E-state index is 5.98. The van der Waals surface area contributed by atoms with Gasteiger partial charge in [-0.05, 0) is 23.9 Å². The molecule has 2 N–H and O–H groups in total. The third kappa shape index (κ3) is 2.04. The predicted molar refractivity (Wildman–Crippen MR) is 73.2 cm³/mol. The molecule has 0 saturated carbocycles. The van der Waals surface area contributed by atoms with Gasteiger partial charge in [0.2, 0.25) is 0 Å². The summed E-state index contributed by atoms with van der Waals surface area (Å²) in [6, 6.07) is 9.95. The number of aromatic nitrogens is 1. The van der Waals surface area contributed by atoms with Crippen LogP contribution in [0.4, 0.5) is 5.69 Å². The van der Waals surface area contributed by atoms with Crippen LogP contribution in [-0.2, 0) is 0 Å². The average molecular weight is 251 g/mol. The van der Waals surface area contributed by atoms with Gasteiger partial charge in [0.25, 0.3) is 0 Å². The molecule has 0 fully saturated rings. The van der Waals surface area contributed by atoms with Gasteiger partial charge in [0.05, 0.1) is 5.69 Å². The lowest BCUT2D eigenvalue weighted by Crippen LogP contribution is -2.01. The van der Waals surface area contributed by atoms with Crippen molar-refractivity contribution >= 4 is 31.8 Å². The molecule has 0 spiro atoms. The molecule has 1 aromatic heterocycles. The molecule has 1 heterocycles. The number of hydrogen-bond acceptors (Lipinski definition) is 2. The number of hydrogen-bond donors (Lipinski definition) is 1. The van der Waals surface area contributed by atoms with Crippen LogP contribution in [-0.4, -0.2) is 4.98 Å². The van der Waals surface area contributed by atoms with Gasteiger partial charge in [-0.25, -0.2) is 4.98 Å². The Morgan fingerprint density at radius 2 is 1.94 bits per heavy atom. The number of halogens is 1.